The molecule has 9 heteroatoms. The van der Waals surface area contributed by atoms with E-state index in [4.69, 9.17) is 14.0 Å². The number of anilines is 1. The molecule has 1 saturated heterocycles. The molecule has 0 unspecified atom stereocenters. The van der Waals surface area contributed by atoms with Crippen molar-refractivity contribution in [3.63, 3.8) is 0 Å². The van der Waals surface area contributed by atoms with Crippen molar-refractivity contribution in [3.05, 3.63) is 48.2 Å². The van der Waals surface area contributed by atoms with Crippen LogP contribution in [0, 0.1) is 0 Å². The van der Waals surface area contributed by atoms with Gasteiger partial charge >= 0.3 is 11.9 Å². The van der Waals surface area contributed by atoms with Crippen molar-refractivity contribution in [2.75, 3.05) is 5.32 Å². The minimum Gasteiger partial charge on any atom is -0.419 e. The fraction of sp³-hybridized carbons (Fsp3) is 0.176. The van der Waals surface area contributed by atoms with E-state index >= 15 is 0 Å². The molecule has 0 aliphatic carbocycles. The maximum absolute atomic E-state index is 11.9. The van der Waals surface area contributed by atoms with Crippen LogP contribution in [0.1, 0.15) is 13.8 Å². The Balaban J connectivity index is 1.86. The lowest BCUT2D eigenvalue weighted by atomic mass is 10.1. The zero-order chi connectivity index (χ0) is 19.1. The molecule has 2 aromatic rings. The molecular weight excluding hydrogens is 362 g/mol. The van der Waals surface area contributed by atoms with Crippen molar-refractivity contribution in [2.24, 2.45) is 0 Å². The van der Waals surface area contributed by atoms with Crippen LogP contribution in [-0.2, 0) is 29.2 Å². The molecule has 0 spiro atoms. The molecule has 2 aromatic carbocycles. The summed E-state index contributed by atoms with van der Waals surface area (Å²) in [6.45, 7) is 2.91. The molecule has 0 atom stereocenters. The summed E-state index contributed by atoms with van der Waals surface area (Å²) in [5.74, 6) is -2.89. The molecule has 1 aliphatic rings. The highest BCUT2D eigenvalue weighted by atomic mass is 32.2. The fourth-order valence-corrected chi connectivity index (χ4v) is 2.92. The Bertz CT molecular complexity index is 1030. The number of cyclic esters (lactones) is 2. The molecule has 2 N–H and O–H groups in total. The van der Waals surface area contributed by atoms with E-state index < -0.39 is 27.8 Å². The number of hydrogen-bond donors (Lipinski definition) is 2. The van der Waals surface area contributed by atoms with Crippen molar-refractivity contribution < 1.29 is 32.0 Å². The minimum absolute atomic E-state index is 0.205. The molecule has 0 bridgehead atoms. The Kier molecular flexibility index (Phi) is 4.21. The van der Waals surface area contributed by atoms with Gasteiger partial charge in [-0.05, 0) is 35.0 Å². The van der Waals surface area contributed by atoms with Gasteiger partial charge in [-0.2, -0.15) is 8.42 Å². The second-order valence-electron chi connectivity index (χ2n) is 6.08. The monoisotopic (exact) mass is 377 g/mol. The summed E-state index contributed by atoms with van der Waals surface area (Å²) in [6.07, 6.45) is 1.19. The van der Waals surface area contributed by atoms with E-state index in [0.29, 0.717) is 16.5 Å². The quantitative estimate of drug-likeness (QED) is 0.362. The summed E-state index contributed by atoms with van der Waals surface area (Å²) in [6, 6.07) is 9.08. The van der Waals surface area contributed by atoms with Crippen LogP contribution < -0.4 is 5.32 Å². The van der Waals surface area contributed by atoms with Gasteiger partial charge in [0.25, 0.3) is 15.9 Å². The number of rotatable bonds is 3. The van der Waals surface area contributed by atoms with Gasteiger partial charge in [-0.1, -0.05) is 12.1 Å². The first-order valence-corrected chi connectivity index (χ1v) is 8.94. The van der Waals surface area contributed by atoms with E-state index in [9.17, 15) is 18.0 Å². The molecule has 1 heterocycles. The highest BCUT2D eigenvalue weighted by molar-refractivity contribution is 7.85. The summed E-state index contributed by atoms with van der Waals surface area (Å²) < 4.78 is 41.4. The van der Waals surface area contributed by atoms with E-state index in [1.807, 2.05) is 0 Å². The first-order valence-electron chi connectivity index (χ1n) is 7.50. The van der Waals surface area contributed by atoms with Crippen LogP contribution in [-0.4, -0.2) is 30.7 Å². The zero-order valence-corrected chi connectivity index (χ0v) is 14.7. The van der Waals surface area contributed by atoms with Gasteiger partial charge in [0, 0.05) is 25.7 Å². The molecule has 0 radical (unpaired) electrons. The Morgan fingerprint density at radius 2 is 1.58 bits per heavy atom. The fourth-order valence-electron chi connectivity index (χ4n) is 2.41. The summed E-state index contributed by atoms with van der Waals surface area (Å²) in [5.41, 5.74) is 0.279. The predicted octanol–water partition coefficient (Wildman–Crippen LogP) is 2.22. The molecule has 0 saturated carbocycles. The number of hydrogen-bond acceptors (Lipinski definition) is 7. The number of esters is 2. The van der Waals surface area contributed by atoms with Crippen molar-refractivity contribution in [2.45, 2.75) is 24.5 Å². The third kappa shape index (κ3) is 3.68. The predicted molar refractivity (Wildman–Crippen MR) is 91.7 cm³/mol. The molecule has 3 rings (SSSR count). The third-order valence-electron chi connectivity index (χ3n) is 3.61. The normalized spacial score (nSPS) is 16.8. The maximum atomic E-state index is 11.9. The lowest BCUT2D eigenvalue weighted by molar-refractivity contribution is -0.222. The van der Waals surface area contributed by atoms with E-state index in [1.165, 1.54) is 38.2 Å². The molecule has 0 aromatic heterocycles. The second kappa shape index (κ2) is 6.11. The number of nitrogens with one attached hydrogen (secondary N) is 1. The number of carbonyl (C=O) groups is 2. The Labute approximate surface area is 149 Å². The Morgan fingerprint density at radius 1 is 1.00 bits per heavy atom. The SMILES string of the molecule is CC1(C)OC(=O)C(=CNc2ccc3cc(S(=O)(=O)O)ccc3c2)C(=O)O1. The van der Waals surface area contributed by atoms with Gasteiger partial charge in [0.1, 0.15) is 0 Å². The molecule has 26 heavy (non-hydrogen) atoms. The van der Waals surface area contributed by atoms with Gasteiger partial charge in [-0.25, -0.2) is 9.59 Å². The first-order chi connectivity index (χ1) is 12.0. The van der Waals surface area contributed by atoms with Gasteiger partial charge in [0.15, 0.2) is 5.57 Å². The van der Waals surface area contributed by atoms with Gasteiger partial charge in [0.2, 0.25) is 0 Å². The van der Waals surface area contributed by atoms with Crippen LogP contribution in [0.4, 0.5) is 5.69 Å². The smallest absolute Gasteiger partial charge is 0.350 e. The number of carbonyl (C=O) groups excluding carboxylic acids is 2. The van der Waals surface area contributed by atoms with E-state index in [1.54, 1.807) is 18.2 Å². The van der Waals surface area contributed by atoms with E-state index in [-0.39, 0.29) is 10.5 Å². The molecule has 0 amide bonds. The van der Waals surface area contributed by atoms with Gasteiger partial charge in [-0.15, -0.1) is 0 Å². The van der Waals surface area contributed by atoms with Crippen LogP contribution in [0.25, 0.3) is 10.8 Å². The van der Waals surface area contributed by atoms with Gasteiger partial charge < -0.3 is 14.8 Å². The Morgan fingerprint density at radius 3 is 2.19 bits per heavy atom. The highest BCUT2D eigenvalue weighted by Gasteiger charge is 2.38. The molecule has 8 nitrogen and oxygen atoms in total. The van der Waals surface area contributed by atoms with Crippen molar-refractivity contribution in [1.29, 1.82) is 0 Å². The Hall–Kier alpha value is -2.91. The second-order valence-corrected chi connectivity index (χ2v) is 7.50. The highest BCUT2D eigenvalue weighted by Crippen LogP contribution is 2.25. The van der Waals surface area contributed by atoms with Crippen LogP contribution >= 0.6 is 0 Å². The van der Waals surface area contributed by atoms with Crippen molar-refractivity contribution in [3.8, 4) is 0 Å². The third-order valence-corrected chi connectivity index (χ3v) is 4.46. The maximum Gasteiger partial charge on any atom is 0.350 e. The first kappa shape index (κ1) is 17.9. The average molecular weight is 377 g/mol. The van der Waals surface area contributed by atoms with Crippen molar-refractivity contribution in [1.82, 2.24) is 0 Å². The van der Waals surface area contributed by atoms with Crippen LogP contribution in [0.2, 0.25) is 0 Å². The summed E-state index contributed by atoms with van der Waals surface area (Å²) in [7, 11) is -4.28. The summed E-state index contributed by atoms with van der Waals surface area (Å²) >= 11 is 0. The molecule has 1 aliphatic heterocycles. The average Bonchev–Trinajstić information content (AvgIpc) is 2.51. The standard InChI is InChI=1S/C17H15NO7S/c1-17(2)24-15(19)14(16(20)25-17)9-18-12-5-3-11-8-13(26(21,22)23)6-4-10(11)7-12/h3-9,18H,1-2H3,(H,21,22,23). The van der Waals surface area contributed by atoms with Gasteiger partial charge in [-0.3, -0.25) is 4.55 Å². The number of benzene rings is 2. The summed E-state index contributed by atoms with van der Waals surface area (Å²) in [5, 5.41) is 4.09. The zero-order valence-electron chi connectivity index (χ0n) is 13.8. The largest absolute Gasteiger partial charge is 0.419 e. The van der Waals surface area contributed by atoms with Crippen LogP contribution in [0.15, 0.2) is 53.1 Å². The van der Waals surface area contributed by atoms with E-state index in [0.717, 1.165) is 0 Å². The van der Waals surface area contributed by atoms with Gasteiger partial charge in [0.05, 0.1) is 4.90 Å². The van der Waals surface area contributed by atoms with Crippen LogP contribution in [0.5, 0.6) is 0 Å². The molecule has 1 fully saturated rings. The lowest BCUT2D eigenvalue weighted by Gasteiger charge is -2.29. The van der Waals surface area contributed by atoms with Crippen LogP contribution in [0.3, 0.4) is 0 Å². The topological polar surface area (TPSA) is 119 Å². The number of fused-ring (bicyclic) bond motifs is 1. The summed E-state index contributed by atoms with van der Waals surface area (Å²) in [4.78, 5) is 23.5. The minimum atomic E-state index is -4.28. The van der Waals surface area contributed by atoms with E-state index in [2.05, 4.69) is 5.32 Å². The van der Waals surface area contributed by atoms with Crippen molar-refractivity contribution >= 4 is 38.5 Å². The molecule has 136 valence electrons. The molecular formula is C17H15NO7S. The lowest BCUT2D eigenvalue weighted by Crippen LogP contribution is -2.42. The number of ether oxygens (including phenoxy) is 2.